The van der Waals surface area contributed by atoms with Crippen molar-refractivity contribution in [3.63, 3.8) is 0 Å². The van der Waals surface area contributed by atoms with Gasteiger partial charge in [-0.2, -0.15) is 14.0 Å². The van der Waals surface area contributed by atoms with Gasteiger partial charge < -0.3 is 0 Å². The molecule has 230 valence electrons. The molecule has 5 aromatic carbocycles. The Hall–Kier alpha value is -2.56. The predicted octanol–water partition coefficient (Wildman–Crippen LogP) is 0.0728. The monoisotopic (exact) mass is 768 g/mol. The van der Waals surface area contributed by atoms with Crippen LogP contribution in [0.25, 0.3) is 11.1 Å². The van der Waals surface area contributed by atoms with Crippen molar-refractivity contribution in [2.24, 2.45) is 0 Å². The lowest BCUT2D eigenvalue weighted by Crippen LogP contribution is -2.68. The Kier molecular flexibility index (Phi) is 13.6. The largest absolute Gasteiger partial charge is 0.222 e. The van der Waals surface area contributed by atoms with Crippen LogP contribution >= 0.6 is 22.6 Å². The van der Waals surface area contributed by atoms with Crippen LogP contribution in [-0.4, -0.2) is 4.66 Å². The molecule has 5 aromatic rings. The Bertz CT molecular complexity index is 1520. The molecule has 5 rings (SSSR count). The number of benzene rings is 5. The molecule has 0 saturated carbocycles. The molecule has 44 heavy (non-hydrogen) atoms. The van der Waals surface area contributed by atoms with Crippen molar-refractivity contribution in [3.8, 4) is 11.1 Å². The van der Waals surface area contributed by atoms with Gasteiger partial charge in [0.25, 0.3) is 0 Å². The Morgan fingerprint density at radius 3 is 1.41 bits per heavy atom. The highest BCUT2D eigenvalue weighted by atomic mass is 127. The van der Waals surface area contributed by atoms with Crippen LogP contribution in [0.5, 0.6) is 0 Å². The van der Waals surface area contributed by atoms with Gasteiger partial charge in [0.1, 0.15) is 0 Å². The van der Waals surface area contributed by atoms with E-state index in [1.165, 1.54) is 46.1 Å². The fourth-order valence-corrected chi connectivity index (χ4v) is 6.89. The van der Waals surface area contributed by atoms with E-state index in [2.05, 4.69) is 157 Å². The van der Waals surface area contributed by atoms with Crippen molar-refractivity contribution in [2.75, 3.05) is 0 Å². The Morgan fingerprint density at radius 1 is 0.591 bits per heavy atom. The van der Waals surface area contributed by atoms with Crippen LogP contribution < -0.4 is 32.6 Å². The van der Waals surface area contributed by atoms with Crippen molar-refractivity contribution in [3.05, 3.63) is 148 Å². The predicted molar refractivity (Wildman–Crippen MR) is 156 cm³/mol. The van der Waals surface area contributed by atoms with E-state index >= 15 is 0 Å². The van der Waals surface area contributed by atoms with Crippen LogP contribution in [0.1, 0.15) is 16.7 Å². The van der Waals surface area contributed by atoms with Gasteiger partial charge in [0.2, 0.25) is 0 Å². The first-order valence-electron chi connectivity index (χ1n) is 12.7. The molecule has 0 unspecified atom stereocenters. The highest BCUT2D eigenvalue weighted by Crippen LogP contribution is 2.31. The molecule has 1 N–H and O–H groups in total. The van der Waals surface area contributed by atoms with E-state index in [-0.39, 0.29) is 10.9 Å². The number of hydrogen-bond donors (Lipinski definition) is 1. The van der Waals surface area contributed by atoms with Crippen molar-refractivity contribution in [2.45, 2.75) is 28.0 Å². The van der Waals surface area contributed by atoms with Gasteiger partial charge in [-0.15, -0.1) is 10.2 Å². The van der Waals surface area contributed by atoms with E-state index in [1.54, 1.807) is 0 Å². The SMILES string of the molecule is Cc1ccc(I)c(-c2ccc(Cc3ccc([S+](c4ccccc4)c4ccccc4)cc3)cc2)c1.[O-][Cl+3]([O-])([O-])O.[O-][Cl+3]([O-])([O-])[O-]. The zero-order chi connectivity index (χ0) is 32.3. The molecule has 0 aliphatic carbocycles. The number of hydrogen-bond acceptors (Lipinski definition) is 8. The summed E-state index contributed by atoms with van der Waals surface area (Å²) in [5, 5.41) is 0. The summed E-state index contributed by atoms with van der Waals surface area (Å²) in [5.41, 5.74) is 6.56. The quantitative estimate of drug-likeness (QED) is 0.186. The van der Waals surface area contributed by atoms with Gasteiger partial charge in [-0.1, -0.05) is 90.5 Å². The standard InChI is InChI=1S/C32H26IS.2ClHO4/c1-24-12-21-32(33)31(22-24)27-17-13-25(14-18-27)23-26-15-19-30(20-16-26)34(28-8-4-2-5-9-28)29-10-6-3-7-11-29;2*2-1(3,4)5/h2-22H,23H2,1H3;2*(H,2,3,4,5)/q+1;;/p-1. The van der Waals surface area contributed by atoms with E-state index in [4.69, 9.17) is 37.3 Å². The first-order valence-corrected chi connectivity index (χ1v) is 17.5. The molecular formula is C32H27Cl2IO8S. The van der Waals surface area contributed by atoms with Crippen molar-refractivity contribution in [1.82, 2.24) is 0 Å². The molecule has 0 aliphatic rings. The fraction of sp³-hybridized carbons (Fsp3) is 0.0625. The molecule has 0 bridgehead atoms. The normalized spacial score (nSPS) is 11.2. The van der Waals surface area contributed by atoms with E-state index in [1.807, 2.05) is 0 Å². The summed E-state index contributed by atoms with van der Waals surface area (Å²) < 4.78 is 68.0. The third kappa shape index (κ3) is 13.2. The lowest BCUT2D eigenvalue weighted by molar-refractivity contribution is -2.00. The second kappa shape index (κ2) is 16.7. The molecule has 0 aromatic heterocycles. The highest BCUT2D eigenvalue weighted by Gasteiger charge is 2.28. The zero-order valence-corrected chi connectivity index (χ0v) is 27.7. The summed E-state index contributed by atoms with van der Waals surface area (Å²) in [4.78, 5) is 4.05. The Balaban J connectivity index is 0.000000461. The molecular weight excluding hydrogens is 742 g/mol. The van der Waals surface area contributed by atoms with E-state index in [0.717, 1.165) is 6.42 Å². The van der Waals surface area contributed by atoms with Crippen LogP contribution in [-0.2, 0) is 17.3 Å². The maximum absolute atomic E-state index is 8.60. The van der Waals surface area contributed by atoms with E-state index in [9.17, 15) is 0 Å². The number of rotatable bonds is 6. The summed E-state index contributed by atoms with van der Waals surface area (Å²) in [6, 6.07) is 46.5. The van der Waals surface area contributed by atoms with E-state index in [0.29, 0.717) is 0 Å². The summed E-state index contributed by atoms with van der Waals surface area (Å²) in [6.07, 6.45) is 0.940. The number of halogens is 3. The second-order valence-corrected chi connectivity index (χ2v) is 13.9. The number of aryl methyl sites for hydroxylation is 1. The van der Waals surface area contributed by atoms with Crippen LogP contribution in [0.3, 0.4) is 0 Å². The van der Waals surface area contributed by atoms with Gasteiger partial charge in [-0.25, -0.2) is 18.6 Å². The van der Waals surface area contributed by atoms with Crippen molar-refractivity contribution in [1.29, 1.82) is 0 Å². The van der Waals surface area contributed by atoms with Crippen LogP contribution in [0.15, 0.2) is 142 Å². The minimum Gasteiger partial charge on any atom is -0.222 e. The van der Waals surface area contributed by atoms with Crippen molar-refractivity contribution < 1.29 is 57.8 Å². The van der Waals surface area contributed by atoms with Crippen LogP contribution in [0, 0.1) is 31.0 Å². The maximum atomic E-state index is 8.60. The first kappa shape index (κ1) is 35.9. The fourth-order valence-electron chi connectivity index (χ4n) is 4.16. The van der Waals surface area contributed by atoms with Gasteiger partial charge in [-0.3, -0.25) is 0 Å². The van der Waals surface area contributed by atoms with Gasteiger partial charge in [0, 0.05) is 3.57 Å². The van der Waals surface area contributed by atoms with Gasteiger partial charge >= 0.3 is 0 Å². The molecule has 0 atom stereocenters. The van der Waals surface area contributed by atoms with Gasteiger partial charge in [0.05, 0.1) is 25.8 Å². The minimum absolute atomic E-state index is 0.0987. The van der Waals surface area contributed by atoms with Gasteiger partial charge in [0.15, 0.2) is 14.7 Å². The average Bonchev–Trinajstić information content (AvgIpc) is 2.95. The third-order valence-electron chi connectivity index (χ3n) is 5.91. The molecule has 0 saturated heterocycles. The summed E-state index contributed by atoms with van der Waals surface area (Å²) in [5.74, 6) is 0. The van der Waals surface area contributed by atoms with E-state index < -0.39 is 20.5 Å². The zero-order valence-electron chi connectivity index (χ0n) is 23.2. The average molecular weight is 769 g/mol. The maximum Gasteiger partial charge on any atom is 0.166 e. The molecule has 0 amide bonds. The highest BCUT2D eigenvalue weighted by molar-refractivity contribution is 14.1. The third-order valence-corrected chi connectivity index (χ3v) is 9.08. The lowest BCUT2D eigenvalue weighted by atomic mass is 9.99. The molecule has 0 aliphatic heterocycles. The smallest absolute Gasteiger partial charge is 0.166 e. The first-order chi connectivity index (χ1) is 20.7. The Morgan fingerprint density at radius 2 is 0.977 bits per heavy atom. The minimum atomic E-state index is -4.94. The molecule has 8 nitrogen and oxygen atoms in total. The van der Waals surface area contributed by atoms with Gasteiger partial charge in [-0.05, 0) is 101 Å². The molecule has 0 heterocycles. The second-order valence-electron chi connectivity index (χ2n) is 9.21. The lowest BCUT2D eigenvalue weighted by Gasteiger charge is -2.17. The van der Waals surface area contributed by atoms with Crippen LogP contribution in [0.4, 0.5) is 0 Å². The summed E-state index contributed by atoms with van der Waals surface area (Å²) in [6.45, 7) is 2.15. The molecule has 0 radical (unpaired) electrons. The molecule has 0 fully saturated rings. The van der Waals surface area contributed by atoms with Crippen molar-refractivity contribution >= 4 is 33.5 Å². The molecule has 12 heteroatoms. The summed E-state index contributed by atoms with van der Waals surface area (Å²) >= 11 is 2.42. The summed E-state index contributed by atoms with van der Waals surface area (Å²) in [7, 11) is -9.74. The Labute approximate surface area is 276 Å². The van der Waals surface area contributed by atoms with Crippen LogP contribution in [0.2, 0.25) is 0 Å². The molecule has 0 spiro atoms. The topological polar surface area (TPSA) is 182 Å².